The number of aromatic nitrogens is 1. The molecule has 0 saturated heterocycles. The second-order valence-electron chi connectivity index (χ2n) is 5.77. The fraction of sp³-hybridized carbons (Fsp3) is 0.222. The molecule has 3 aromatic rings. The van der Waals surface area contributed by atoms with Crippen molar-refractivity contribution >= 4 is 33.7 Å². The molecule has 0 aliphatic carbocycles. The van der Waals surface area contributed by atoms with Crippen molar-refractivity contribution < 1.29 is 13.4 Å². The average molecular weight is 372 g/mol. The highest BCUT2D eigenvalue weighted by molar-refractivity contribution is 7.85. The number of thiazole rings is 1. The standard InChI is InChI=1S/C18H16N2O3S2/c21-17(20-8-7-13-4-1-2-5-15(13)20)12-25(22)11-14-10-24-18(19-14)16-6-3-9-23-16/h1-6,9-10H,7-8,11-12H2. The van der Waals surface area contributed by atoms with E-state index >= 15 is 0 Å². The molecule has 128 valence electrons. The van der Waals surface area contributed by atoms with Crippen molar-refractivity contribution in [3.63, 3.8) is 0 Å². The summed E-state index contributed by atoms with van der Waals surface area (Å²) in [6, 6.07) is 11.5. The molecule has 1 unspecified atom stereocenters. The van der Waals surface area contributed by atoms with Crippen LogP contribution in [0.3, 0.4) is 0 Å². The monoisotopic (exact) mass is 372 g/mol. The van der Waals surface area contributed by atoms with Crippen LogP contribution in [0.1, 0.15) is 11.3 Å². The molecule has 1 aromatic carbocycles. The first-order valence-corrected chi connectivity index (χ1v) is 10.3. The molecule has 7 heteroatoms. The summed E-state index contributed by atoms with van der Waals surface area (Å²) in [5.41, 5.74) is 2.84. The van der Waals surface area contributed by atoms with Gasteiger partial charge in [0.05, 0.1) is 17.7 Å². The fourth-order valence-corrected chi connectivity index (χ4v) is 4.82. The Kier molecular flexibility index (Phi) is 4.50. The van der Waals surface area contributed by atoms with Gasteiger partial charge in [-0.1, -0.05) is 18.2 Å². The summed E-state index contributed by atoms with van der Waals surface area (Å²) in [4.78, 5) is 18.7. The van der Waals surface area contributed by atoms with Crippen LogP contribution in [0.4, 0.5) is 5.69 Å². The highest BCUT2D eigenvalue weighted by Crippen LogP contribution is 2.28. The van der Waals surface area contributed by atoms with E-state index in [9.17, 15) is 9.00 Å². The van der Waals surface area contributed by atoms with Gasteiger partial charge in [0.25, 0.3) is 0 Å². The Morgan fingerprint density at radius 1 is 1.28 bits per heavy atom. The normalized spacial score (nSPS) is 14.5. The number of carbonyl (C=O) groups is 1. The summed E-state index contributed by atoms with van der Waals surface area (Å²) in [6.45, 7) is 0.661. The van der Waals surface area contributed by atoms with Gasteiger partial charge >= 0.3 is 0 Å². The van der Waals surface area contributed by atoms with Crippen LogP contribution in [0.15, 0.2) is 52.5 Å². The van der Waals surface area contributed by atoms with E-state index in [2.05, 4.69) is 4.98 Å². The molecule has 1 amide bonds. The summed E-state index contributed by atoms with van der Waals surface area (Å²) >= 11 is 1.45. The van der Waals surface area contributed by atoms with E-state index in [0.29, 0.717) is 12.3 Å². The zero-order valence-electron chi connectivity index (χ0n) is 13.4. The zero-order valence-corrected chi connectivity index (χ0v) is 15.0. The van der Waals surface area contributed by atoms with Crippen LogP contribution in [0.25, 0.3) is 10.8 Å². The van der Waals surface area contributed by atoms with Gasteiger partial charge in [-0.3, -0.25) is 9.00 Å². The number of anilines is 1. The van der Waals surface area contributed by atoms with Crippen molar-refractivity contribution in [3.05, 3.63) is 59.3 Å². The minimum absolute atomic E-state index is 0.0158. The Morgan fingerprint density at radius 3 is 3.00 bits per heavy atom. The highest BCUT2D eigenvalue weighted by atomic mass is 32.2. The smallest absolute Gasteiger partial charge is 0.239 e. The van der Waals surface area contributed by atoms with Gasteiger partial charge in [0.1, 0.15) is 5.75 Å². The Bertz CT molecular complexity index is 918. The van der Waals surface area contributed by atoms with Crippen molar-refractivity contribution in [2.45, 2.75) is 12.2 Å². The lowest BCUT2D eigenvalue weighted by molar-refractivity contribution is -0.116. The molecule has 0 spiro atoms. The molecule has 3 heterocycles. The first-order chi connectivity index (χ1) is 12.2. The van der Waals surface area contributed by atoms with Crippen LogP contribution in [0.5, 0.6) is 0 Å². The van der Waals surface area contributed by atoms with E-state index in [-0.39, 0.29) is 17.4 Å². The van der Waals surface area contributed by atoms with E-state index in [1.807, 2.05) is 35.7 Å². The maximum atomic E-state index is 12.5. The van der Waals surface area contributed by atoms with Crippen molar-refractivity contribution in [3.8, 4) is 10.8 Å². The molecular formula is C18H16N2O3S2. The molecule has 25 heavy (non-hydrogen) atoms. The molecular weight excluding hydrogens is 356 g/mol. The van der Waals surface area contributed by atoms with Crippen molar-refractivity contribution in [2.75, 3.05) is 17.2 Å². The minimum atomic E-state index is -1.29. The summed E-state index contributed by atoms with van der Waals surface area (Å²) in [5, 5.41) is 2.63. The average Bonchev–Trinajstić information content (AvgIpc) is 3.34. The van der Waals surface area contributed by atoms with Crippen LogP contribution >= 0.6 is 11.3 Å². The minimum Gasteiger partial charge on any atom is -0.462 e. The van der Waals surface area contributed by atoms with Gasteiger partial charge in [0, 0.05) is 28.4 Å². The molecule has 2 aromatic heterocycles. The lowest BCUT2D eigenvalue weighted by atomic mass is 10.2. The van der Waals surface area contributed by atoms with Crippen molar-refractivity contribution in [1.29, 1.82) is 0 Å². The fourth-order valence-electron chi connectivity index (χ4n) is 2.92. The maximum absolute atomic E-state index is 12.5. The van der Waals surface area contributed by atoms with Crippen LogP contribution < -0.4 is 4.90 Å². The second kappa shape index (κ2) is 6.93. The van der Waals surface area contributed by atoms with Gasteiger partial charge < -0.3 is 9.32 Å². The number of nitrogens with zero attached hydrogens (tertiary/aromatic N) is 2. The predicted octanol–water partition coefficient (Wildman–Crippen LogP) is 3.24. The number of amides is 1. The highest BCUT2D eigenvalue weighted by Gasteiger charge is 2.25. The molecule has 1 aliphatic rings. The number of rotatable bonds is 5. The van der Waals surface area contributed by atoms with E-state index in [1.165, 1.54) is 16.9 Å². The first kappa shape index (κ1) is 16.2. The Balaban J connectivity index is 1.39. The Hall–Kier alpha value is -2.25. The second-order valence-corrected chi connectivity index (χ2v) is 8.09. The molecule has 0 bridgehead atoms. The molecule has 0 saturated carbocycles. The number of furan rings is 1. The Morgan fingerprint density at radius 2 is 2.16 bits per heavy atom. The van der Waals surface area contributed by atoms with Gasteiger partial charge in [-0.25, -0.2) is 4.98 Å². The molecule has 4 rings (SSSR count). The predicted molar refractivity (Wildman–Crippen MR) is 99.0 cm³/mol. The topological polar surface area (TPSA) is 63.4 Å². The molecule has 1 aliphatic heterocycles. The number of fused-ring (bicyclic) bond motifs is 1. The van der Waals surface area contributed by atoms with Crippen LogP contribution in [0, 0.1) is 0 Å². The quantitative estimate of drug-likeness (QED) is 0.690. The lowest BCUT2D eigenvalue weighted by Crippen LogP contribution is -2.33. The summed E-state index contributed by atoms with van der Waals surface area (Å²) in [6.07, 6.45) is 2.45. The SMILES string of the molecule is O=C(CS(=O)Cc1csc(-c2ccco2)n1)N1CCc2ccccc21. The molecule has 5 nitrogen and oxygen atoms in total. The molecule has 0 fully saturated rings. The van der Waals surface area contributed by atoms with Crippen molar-refractivity contribution in [1.82, 2.24) is 4.98 Å². The number of hydrogen-bond acceptors (Lipinski definition) is 5. The third-order valence-corrected chi connectivity index (χ3v) is 6.16. The Labute approximate surface area is 151 Å². The molecule has 0 radical (unpaired) electrons. The van der Waals surface area contributed by atoms with Crippen LogP contribution in [-0.4, -0.2) is 27.4 Å². The molecule has 0 N–H and O–H groups in total. The van der Waals surface area contributed by atoms with Gasteiger partial charge in [0.15, 0.2) is 10.8 Å². The third-order valence-electron chi connectivity index (χ3n) is 4.07. The van der Waals surface area contributed by atoms with Gasteiger partial charge in [0.2, 0.25) is 5.91 Å². The van der Waals surface area contributed by atoms with Gasteiger partial charge in [-0.2, -0.15) is 0 Å². The van der Waals surface area contributed by atoms with E-state index in [1.54, 1.807) is 17.2 Å². The lowest BCUT2D eigenvalue weighted by Gasteiger charge is -2.16. The number of benzene rings is 1. The third kappa shape index (κ3) is 3.43. The van der Waals surface area contributed by atoms with E-state index < -0.39 is 10.8 Å². The van der Waals surface area contributed by atoms with Crippen LogP contribution in [-0.2, 0) is 27.8 Å². The maximum Gasteiger partial charge on any atom is 0.239 e. The van der Waals surface area contributed by atoms with Gasteiger partial charge in [-0.05, 0) is 30.2 Å². The summed E-state index contributed by atoms with van der Waals surface area (Å²) in [5.74, 6) is 0.900. The first-order valence-electron chi connectivity index (χ1n) is 7.92. The number of carbonyl (C=O) groups excluding carboxylic acids is 1. The van der Waals surface area contributed by atoms with Crippen molar-refractivity contribution in [2.24, 2.45) is 0 Å². The molecule has 1 atom stereocenters. The number of hydrogen-bond donors (Lipinski definition) is 0. The summed E-state index contributed by atoms with van der Waals surface area (Å²) < 4.78 is 17.7. The van der Waals surface area contributed by atoms with E-state index in [0.717, 1.165) is 22.8 Å². The zero-order chi connectivity index (χ0) is 17.2. The van der Waals surface area contributed by atoms with Gasteiger partial charge in [-0.15, -0.1) is 11.3 Å². The van der Waals surface area contributed by atoms with E-state index in [4.69, 9.17) is 4.42 Å². The van der Waals surface area contributed by atoms with Crippen LogP contribution in [0.2, 0.25) is 0 Å². The summed E-state index contributed by atoms with van der Waals surface area (Å²) in [7, 11) is -1.29. The number of para-hydroxylation sites is 1. The largest absolute Gasteiger partial charge is 0.462 e.